The van der Waals surface area contributed by atoms with Crippen LogP contribution in [0.2, 0.25) is 0 Å². The zero-order valence-corrected chi connectivity index (χ0v) is 14.3. The fourth-order valence-corrected chi connectivity index (χ4v) is 4.58. The van der Waals surface area contributed by atoms with Crippen molar-refractivity contribution in [1.82, 2.24) is 14.7 Å². The van der Waals surface area contributed by atoms with Crippen molar-refractivity contribution < 1.29 is 0 Å². The Balaban J connectivity index is 0.00000144. The maximum absolute atomic E-state index is 11.9. The molecule has 1 fully saturated rings. The van der Waals surface area contributed by atoms with E-state index in [2.05, 4.69) is 10.3 Å². The van der Waals surface area contributed by atoms with Crippen LogP contribution in [0.25, 0.3) is 4.96 Å². The van der Waals surface area contributed by atoms with Crippen LogP contribution < -0.4 is 10.9 Å². The van der Waals surface area contributed by atoms with Gasteiger partial charge in [0.1, 0.15) is 0 Å². The van der Waals surface area contributed by atoms with Gasteiger partial charge in [-0.25, -0.2) is 4.98 Å². The molecule has 2 aromatic heterocycles. The first-order valence-electron chi connectivity index (χ1n) is 7.22. The van der Waals surface area contributed by atoms with Crippen molar-refractivity contribution in [1.29, 1.82) is 0 Å². The average molecular weight is 357 g/mol. The van der Waals surface area contributed by atoms with Crippen LogP contribution in [0.4, 0.5) is 0 Å². The highest BCUT2D eigenvalue weighted by atomic mass is 35.5. The third kappa shape index (κ3) is 3.02. The van der Waals surface area contributed by atoms with E-state index in [0.29, 0.717) is 17.8 Å². The van der Waals surface area contributed by atoms with Gasteiger partial charge in [0, 0.05) is 23.4 Å². The average Bonchev–Trinajstić information content (AvgIpc) is 3.11. The second-order valence-corrected chi connectivity index (χ2v) is 7.30. The molecule has 2 atom stereocenters. The molecule has 1 aliphatic carbocycles. The number of thiazole rings is 1. The summed E-state index contributed by atoms with van der Waals surface area (Å²) in [6, 6.07) is 2.61. The van der Waals surface area contributed by atoms with E-state index in [-0.39, 0.29) is 18.0 Å². The van der Waals surface area contributed by atoms with Gasteiger partial charge in [-0.3, -0.25) is 14.2 Å². The molecule has 0 aromatic carbocycles. The molecule has 1 saturated carbocycles. The summed E-state index contributed by atoms with van der Waals surface area (Å²) in [4.78, 5) is 22.0. The van der Waals surface area contributed by atoms with Crippen LogP contribution in [-0.2, 0) is 5.75 Å². The molecular formula is C14H17ClN4OS2. The van der Waals surface area contributed by atoms with Gasteiger partial charge in [-0.05, 0) is 12.8 Å². The fraction of sp³-hybridized carbons (Fsp3) is 0.500. The zero-order valence-electron chi connectivity index (χ0n) is 11.9. The number of aromatic nitrogens is 2. The van der Waals surface area contributed by atoms with Crippen LogP contribution in [-0.4, -0.2) is 26.6 Å². The number of aliphatic imine (C=N–C) groups is 1. The predicted molar refractivity (Wildman–Crippen MR) is 94.5 cm³/mol. The van der Waals surface area contributed by atoms with Crippen LogP contribution in [0.15, 0.2) is 27.4 Å². The number of thioether (sulfide) groups is 1. The smallest absolute Gasteiger partial charge is 0.258 e. The molecule has 2 aromatic rings. The Morgan fingerprint density at radius 2 is 2.27 bits per heavy atom. The molecule has 1 N–H and O–H groups in total. The van der Waals surface area contributed by atoms with E-state index in [0.717, 1.165) is 15.8 Å². The van der Waals surface area contributed by atoms with E-state index in [1.54, 1.807) is 28.4 Å². The van der Waals surface area contributed by atoms with Crippen molar-refractivity contribution in [2.24, 2.45) is 4.99 Å². The maximum atomic E-state index is 11.9. The van der Waals surface area contributed by atoms with Gasteiger partial charge < -0.3 is 5.32 Å². The summed E-state index contributed by atoms with van der Waals surface area (Å²) in [5.74, 6) is 0.689. The minimum absolute atomic E-state index is 0. The molecule has 3 heterocycles. The molecule has 2 unspecified atom stereocenters. The number of nitrogens with one attached hydrogen (secondary N) is 1. The van der Waals surface area contributed by atoms with Crippen molar-refractivity contribution in [3.05, 3.63) is 33.7 Å². The Hall–Kier alpha value is -1.05. The molecule has 0 amide bonds. The quantitative estimate of drug-likeness (QED) is 0.898. The standard InChI is InChI=1S/C14H16N4OS2.ClH/c19-12-7-9(15-14-18(12)5-6-20-14)8-21-13-16-10-3-1-2-4-11(10)17-13;/h5-7,10-11H,1-4,8H2,(H,16,17);1H. The van der Waals surface area contributed by atoms with Gasteiger partial charge in [-0.1, -0.05) is 24.6 Å². The normalized spacial score (nSPS) is 23.5. The van der Waals surface area contributed by atoms with Crippen LogP contribution in [0.5, 0.6) is 0 Å². The number of nitrogens with zero attached hydrogens (tertiary/aromatic N) is 3. The minimum Gasteiger partial charge on any atom is -0.360 e. The SMILES string of the molecule is Cl.O=c1cc(CSC2=NC3CCCCC3N2)nc2sccn12. The summed E-state index contributed by atoms with van der Waals surface area (Å²) < 4.78 is 1.58. The summed E-state index contributed by atoms with van der Waals surface area (Å²) in [5, 5.41) is 6.41. The first-order chi connectivity index (χ1) is 10.3. The number of rotatable bonds is 2. The lowest BCUT2D eigenvalue weighted by Crippen LogP contribution is -2.36. The lowest BCUT2D eigenvalue weighted by Gasteiger charge is -2.23. The van der Waals surface area contributed by atoms with Crippen molar-refractivity contribution in [3.8, 4) is 0 Å². The van der Waals surface area contributed by atoms with Gasteiger partial charge in [-0.2, -0.15) is 0 Å². The summed E-state index contributed by atoms with van der Waals surface area (Å²) >= 11 is 3.14. The molecule has 118 valence electrons. The largest absolute Gasteiger partial charge is 0.360 e. The molecule has 5 nitrogen and oxygen atoms in total. The van der Waals surface area contributed by atoms with Crippen LogP contribution in [0.1, 0.15) is 31.4 Å². The monoisotopic (exact) mass is 356 g/mol. The molecule has 4 rings (SSSR count). The molecule has 2 aliphatic rings. The van der Waals surface area contributed by atoms with Gasteiger partial charge in [0.05, 0.1) is 17.8 Å². The molecular weight excluding hydrogens is 340 g/mol. The molecule has 1 aliphatic heterocycles. The van der Waals surface area contributed by atoms with Crippen molar-refractivity contribution in [2.45, 2.75) is 43.5 Å². The molecule has 0 saturated heterocycles. The maximum Gasteiger partial charge on any atom is 0.258 e. The topological polar surface area (TPSA) is 58.8 Å². The van der Waals surface area contributed by atoms with E-state index in [1.165, 1.54) is 37.0 Å². The van der Waals surface area contributed by atoms with E-state index < -0.39 is 0 Å². The molecule has 0 bridgehead atoms. The number of fused-ring (bicyclic) bond motifs is 2. The highest BCUT2D eigenvalue weighted by Crippen LogP contribution is 2.27. The minimum atomic E-state index is -0.00756. The highest BCUT2D eigenvalue weighted by Gasteiger charge is 2.30. The van der Waals surface area contributed by atoms with Crippen LogP contribution >= 0.6 is 35.5 Å². The number of hydrogen-bond donors (Lipinski definition) is 1. The van der Waals surface area contributed by atoms with Crippen LogP contribution in [0.3, 0.4) is 0 Å². The Kier molecular flexibility index (Phi) is 4.75. The third-order valence-electron chi connectivity index (χ3n) is 4.03. The first-order valence-corrected chi connectivity index (χ1v) is 9.09. The predicted octanol–water partition coefficient (Wildman–Crippen LogP) is 2.68. The van der Waals surface area contributed by atoms with E-state index >= 15 is 0 Å². The van der Waals surface area contributed by atoms with E-state index in [1.807, 2.05) is 5.38 Å². The zero-order chi connectivity index (χ0) is 14.2. The van der Waals surface area contributed by atoms with Crippen LogP contribution in [0, 0.1) is 0 Å². The third-order valence-corrected chi connectivity index (χ3v) is 5.73. The second kappa shape index (κ2) is 6.60. The Morgan fingerprint density at radius 3 is 3.14 bits per heavy atom. The van der Waals surface area contributed by atoms with Gasteiger partial charge in [0.25, 0.3) is 5.56 Å². The highest BCUT2D eigenvalue weighted by molar-refractivity contribution is 8.13. The van der Waals surface area contributed by atoms with Crippen molar-refractivity contribution >= 4 is 45.6 Å². The van der Waals surface area contributed by atoms with Gasteiger partial charge in [0.15, 0.2) is 10.1 Å². The summed E-state index contributed by atoms with van der Waals surface area (Å²) in [5.41, 5.74) is 0.818. The van der Waals surface area contributed by atoms with E-state index in [9.17, 15) is 4.79 Å². The van der Waals surface area contributed by atoms with Gasteiger partial charge in [-0.15, -0.1) is 23.7 Å². The number of hydrogen-bond acceptors (Lipinski definition) is 6. The molecule has 8 heteroatoms. The molecule has 22 heavy (non-hydrogen) atoms. The summed E-state index contributed by atoms with van der Waals surface area (Å²) in [6.07, 6.45) is 6.77. The lowest BCUT2D eigenvalue weighted by atomic mass is 9.92. The Labute approximate surface area is 142 Å². The van der Waals surface area contributed by atoms with Crippen molar-refractivity contribution in [2.75, 3.05) is 0 Å². The van der Waals surface area contributed by atoms with E-state index in [4.69, 9.17) is 4.99 Å². The number of halogens is 1. The summed E-state index contributed by atoms with van der Waals surface area (Å²) in [7, 11) is 0. The molecule has 0 radical (unpaired) electrons. The summed E-state index contributed by atoms with van der Waals surface area (Å²) in [6.45, 7) is 0. The van der Waals surface area contributed by atoms with Crippen molar-refractivity contribution in [3.63, 3.8) is 0 Å². The number of amidine groups is 1. The second-order valence-electron chi connectivity index (χ2n) is 5.47. The van der Waals surface area contributed by atoms with Gasteiger partial charge >= 0.3 is 0 Å². The molecule has 0 spiro atoms. The lowest BCUT2D eigenvalue weighted by molar-refractivity contribution is 0.385. The Morgan fingerprint density at radius 1 is 1.41 bits per heavy atom. The van der Waals surface area contributed by atoms with Gasteiger partial charge in [0.2, 0.25) is 0 Å². The Bertz CT molecular complexity index is 757. The fourth-order valence-electron chi connectivity index (χ4n) is 2.96. The first kappa shape index (κ1) is 15.8.